The molecule has 0 atom stereocenters. The fourth-order valence-corrected chi connectivity index (χ4v) is 6.06. The molecular formula is C14H11BrN4O3S2. The molecule has 0 saturated carbocycles. The highest BCUT2D eigenvalue weighted by atomic mass is 79.9. The number of hydrogen-bond donors (Lipinski definition) is 0. The van der Waals surface area contributed by atoms with Crippen molar-refractivity contribution in [3.63, 3.8) is 0 Å². The minimum atomic E-state index is -3.45. The zero-order valence-corrected chi connectivity index (χ0v) is 15.4. The fraction of sp³-hybridized carbons (Fsp3) is 0.214. The molecule has 0 unspecified atom stereocenters. The first-order valence-corrected chi connectivity index (χ1v) is 10.1. The second-order valence-corrected chi connectivity index (χ2v) is 9.90. The number of pyridine rings is 1. The van der Waals surface area contributed by atoms with Gasteiger partial charge in [-0.1, -0.05) is 5.16 Å². The minimum absolute atomic E-state index is 0.0823. The molecule has 0 bridgehead atoms. The molecule has 0 radical (unpaired) electrons. The van der Waals surface area contributed by atoms with E-state index in [1.807, 2.05) is 6.07 Å². The lowest BCUT2D eigenvalue weighted by molar-refractivity contribution is 0.217. The molecule has 4 heterocycles. The lowest BCUT2D eigenvalue weighted by Gasteiger charge is -2.35. The van der Waals surface area contributed by atoms with Crippen LogP contribution in [-0.4, -0.2) is 40.9 Å². The number of hydrogen-bond acceptors (Lipinski definition) is 7. The van der Waals surface area contributed by atoms with Crippen LogP contribution < -0.4 is 0 Å². The Morgan fingerprint density at radius 2 is 2.12 bits per heavy atom. The lowest BCUT2D eigenvalue weighted by Crippen LogP contribution is -2.48. The van der Waals surface area contributed by atoms with Crippen molar-refractivity contribution in [2.45, 2.75) is 10.1 Å². The van der Waals surface area contributed by atoms with Crippen molar-refractivity contribution in [3.8, 4) is 11.4 Å². The summed E-state index contributed by atoms with van der Waals surface area (Å²) in [6.45, 7) is 0.680. The Morgan fingerprint density at radius 3 is 2.79 bits per heavy atom. The molecule has 0 spiro atoms. The summed E-state index contributed by atoms with van der Waals surface area (Å²) < 4.78 is 32.8. The summed E-state index contributed by atoms with van der Waals surface area (Å²) >= 11 is 4.48. The molecule has 0 amide bonds. The van der Waals surface area contributed by atoms with Crippen molar-refractivity contribution < 1.29 is 12.9 Å². The highest BCUT2D eigenvalue weighted by Gasteiger charge is 2.41. The molecule has 7 nitrogen and oxygen atoms in total. The third-order valence-electron chi connectivity index (χ3n) is 3.70. The third-order valence-corrected chi connectivity index (χ3v) is 7.62. The molecule has 3 aromatic heterocycles. The minimum Gasteiger partial charge on any atom is -0.339 e. The maximum absolute atomic E-state index is 12.5. The summed E-state index contributed by atoms with van der Waals surface area (Å²) in [7, 11) is -3.45. The molecule has 0 N–H and O–H groups in total. The molecule has 10 heteroatoms. The van der Waals surface area contributed by atoms with Gasteiger partial charge in [-0.3, -0.25) is 4.98 Å². The van der Waals surface area contributed by atoms with Gasteiger partial charge in [0.15, 0.2) is 0 Å². The SMILES string of the molecule is O=S(=O)(c1ccc(Br)s1)N1CC(c2nc(-c3cccnc3)no2)C1. The van der Waals surface area contributed by atoms with Crippen LogP contribution in [-0.2, 0) is 10.0 Å². The number of aromatic nitrogens is 3. The van der Waals surface area contributed by atoms with E-state index in [4.69, 9.17) is 4.52 Å². The van der Waals surface area contributed by atoms with Crippen LogP contribution in [0.3, 0.4) is 0 Å². The molecule has 24 heavy (non-hydrogen) atoms. The zero-order valence-electron chi connectivity index (χ0n) is 12.2. The first kappa shape index (κ1) is 15.9. The van der Waals surface area contributed by atoms with Crippen molar-refractivity contribution in [1.82, 2.24) is 19.4 Å². The number of sulfonamides is 1. The summed E-state index contributed by atoms with van der Waals surface area (Å²) in [6, 6.07) is 6.97. The monoisotopic (exact) mass is 426 g/mol. The average Bonchev–Trinajstić information content (AvgIpc) is 3.16. The van der Waals surface area contributed by atoms with Crippen LogP contribution in [0.1, 0.15) is 11.8 Å². The van der Waals surface area contributed by atoms with Gasteiger partial charge in [0, 0.05) is 31.0 Å². The molecule has 1 saturated heterocycles. The summed E-state index contributed by atoms with van der Waals surface area (Å²) in [5.74, 6) is 0.829. The largest absolute Gasteiger partial charge is 0.339 e. The second-order valence-electron chi connectivity index (χ2n) is 5.28. The standard InChI is InChI=1S/C14H11BrN4O3S2/c15-11-3-4-12(23-11)24(20,21)19-7-10(8-19)14-17-13(18-22-14)9-2-1-5-16-6-9/h1-6,10H,7-8H2. The quantitative estimate of drug-likeness (QED) is 0.636. The first-order chi connectivity index (χ1) is 11.5. The first-order valence-electron chi connectivity index (χ1n) is 7.03. The van der Waals surface area contributed by atoms with Crippen LogP contribution in [0.15, 0.2) is 49.2 Å². The van der Waals surface area contributed by atoms with Crippen molar-refractivity contribution in [1.29, 1.82) is 0 Å². The van der Waals surface area contributed by atoms with Gasteiger partial charge < -0.3 is 4.52 Å². The number of rotatable bonds is 4. The molecular weight excluding hydrogens is 416 g/mol. The van der Waals surface area contributed by atoms with E-state index in [1.54, 1.807) is 30.6 Å². The van der Waals surface area contributed by atoms with Crippen LogP contribution in [0.25, 0.3) is 11.4 Å². The molecule has 124 valence electrons. The normalized spacial score (nSPS) is 16.2. The number of nitrogens with zero attached hydrogens (tertiary/aromatic N) is 4. The van der Waals surface area contributed by atoms with Gasteiger partial charge in [0.2, 0.25) is 11.7 Å². The number of halogens is 1. The van der Waals surface area contributed by atoms with Crippen LogP contribution in [0.4, 0.5) is 0 Å². The summed E-state index contributed by atoms with van der Waals surface area (Å²) in [4.78, 5) is 8.37. The summed E-state index contributed by atoms with van der Waals surface area (Å²) in [5, 5.41) is 3.94. The zero-order chi connectivity index (χ0) is 16.7. The maximum Gasteiger partial charge on any atom is 0.252 e. The van der Waals surface area contributed by atoms with Gasteiger partial charge >= 0.3 is 0 Å². The molecule has 1 fully saturated rings. The van der Waals surface area contributed by atoms with Gasteiger partial charge in [-0.25, -0.2) is 8.42 Å². The van der Waals surface area contributed by atoms with Gasteiger partial charge in [0.1, 0.15) is 4.21 Å². The Morgan fingerprint density at radius 1 is 1.29 bits per heavy atom. The van der Waals surface area contributed by atoms with E-state index < -0.39 is 10.0 Å². The van der Waals surface area contributed by atoms with Crippen LogP contribution >= 0.6 is 27.3 Å². The molecule has 4 rings (SSSR count). The van der Waals surface area contributed by atoms with Gasteiger partial charge in [-0.15, -0.1) is 11.3 Å². The van der Waals surface area contributed by atoms with Gasteiger partial charge in [-0.05, 0) is 40.2 Å². The highest BCUT2D eigenvalue weighted by molar-refractivity contribution is 9.11. The van der Waals surface area contributed by atoms with Crippen molar-refractivity contribution in [2.24, 2.45) is 0 Å². The second kappa shape index (κ2) is 6.03. The van der Waals surface area contributed by atoms with E-state index in [9.17, 15) is 8.42 Å². The van der Waals surface area contributed by atoms with Crippen molar-refractivity contribution in [2.75, 3.05) is 13.1 Å². The van der Waals surface area contributed by atoms with E-state index in [0.717, 1.165) is 9.35 Å². The van der Waals surface area contributed by atoms with Crippen LogP contribution in [0.5, 0.6) is 0 Å². The van der Waals surface area contributed by atoms with E-state index in [1.165, 1.54) is 15.6 Å². The summed E-state index contributed by atoms with van der Waals surface area (Å²) in [5.41, 5.74) is 0.764. The molecule has 1 aliphatic heterocycles. The Kier molecular flexibility index (Phi) is 3.99. The lowest BCUT2D eigenvalue weighted by atomic mass is 10.0. The predicted molar refractivity (Wildman–Crippen MR) is 91.0 cm³/mol. The topological polar surface area (TPSA) is 89.2 Å². The van der Waals surface area contributed by atoms with Gasteiger partial charge in [0.25, 0.3) is 10.0 Å². The Bertz CT molecular complexity index is 965. The van der Waals surface area contributed by atoms with E-state index in [-0.39, 0.29) is 5.92 Å². The van der Waals surface area contributed by atoms with Crippen molar-refractivity contribution >= 4 is 37.3 Å². The smallest absolute Gasteiger partial charge is 0.252 e. The Balaban J connectivity index is 1.47. The van der Waals surface area contributed by atoms with E-state index >= 15 is 0 Å². The molecule has 0 aliphatic carbocycles. The van der Waals surface area contributed by atoms with E-state index in [0.29, 0.717) is 29.0 Å². The fourth-order valence-electron chi connectivity index (χ4n) is 2.37. The number of thiophene rings is 1. The van der Waals surface area contributed by atoms with E-state index in [2.05, 4.69) is 31.1 Å². The predicted octanol–water partition coefficient (Wildman–Crippen LogP) is 2.74. The molecule has 1 aliphatic rings. The molecule has 0 aromatic carbocycles. The van der Waals surface area contributed by atoms with Crippen LogP contribution in [0.2, 0.25) is 0 Å². The van der Waals surface area contributed by atoms with Gasteiger partial charge in [-0.2, -0.15) is 9.29 Å². The summed E-state index contributed by atoms with van der Waals surface area (Å²) in [6.07, 6.45) is 3.32. The van der Waals surface area contributed by atoms with Gasteiger partial charge in [0.05, 0.1) is 9.70 Å². The highest BCUT2D eigenvalue weighted by Crippen LogP contribution is 2.35. The Labute approximate surface area is 150 Å². The Hall–Kier alpha value is -1.62. The average molecular weight is 427 g/mol. The maximum atomic E-state index is 12.5. The molecule has 3 aromatic rings. The van der Waals surface area contributed by atoms with Crippen molar-refractivity contribution in [3.05, 3.63) is 46.3 Å². The van der Waals surface area contributed by atoms with Crippen LogP contribution in [0, 0.1) is 0 Å². The third kappa shape index (κ3) is 2.79.